The van der Waals surface area contributed by atoms with Crippen LogP contribution in [0, 0.1) is 0 Å². The van der Waals surface area contributed by atoms with Gasteiger partial charge in [0, 0.05) is 36.9 Å². The van der Waals surface area contributed by atoms with Crippen molar-refractivity contribution in [3.05, 3.63) is 176 Å². The van der Waals surface area contributed by atoms with E-state index in [2.05, 4.69) is 176 Å². The predicted octanol–water partition coefficient (Wildman–Crippen LogP) is 13.5. The van der Waals surface area contributed by atoms with Crippen LogP contribution in [0.5, 0.6) is 0 Å². The summed E-state index contributed by atoms with van der Waals surface area (Å²) >= 11 is 1.80. The molecule has 4 heteroatoms. The average Bonchev–Trinajstić information content (AvgIpc) is 3.61. The number of nitrogens with zero attached hydrogens (tertiary/aromatic N) is 3. The Labute approximate surface area is 309 Å². The van der Waals surface area contributed by atoms with Crippen LogP contribution in [0.15, 0.2) is 176 Å². The Bertz CT molecular complexity index is 3230. The lowest BCUT2D eigenvalue weighted by atomic mass is 9.95. The zero-order valence-corrected chi connectivity index (χ0v) is 29.3. The first-order chi connectivity index (χ1) is 26.2. The van der Waals surface area contributed by atoms with Crippen molar-refractivity contribution < 1.29 is 0 Å². The van der Waals surface area contributed by atoms with Crippen molar-refractivity contribution in [3.63, 3.8) is 0 Å². The minimum absolute atomic E-state index is 0.648. The third-order valence-corrected chi connectivity index (χ3v) is 11.6. The van der Waals surface area contributed by atoms with Crippen LogP contribution in [0.2, 0.25) is 0 Å². The third kappa shape index (κ3) is 5.07. The molecule has 0 N–H and O–H groups in total. The lowest BCUT2D eigenvalue weighted by molar-refractivity contribution is 1.08. The Morgan fingerprint density at radius 2 is 0.792 bits per heavy atom. The highest BCUT2D eigenvalue weighted by atomic mass is 32.1. The Kier molecular flexibility index (Phi) is 6.73. The van der Waals surface area contributed by atoms with Gasteiger partial charge in [-0.05, 0) is 78.5 Å². The van der Waals surface area contributed by atoms with E-state index in [1.165, 1.54) is 68.8 Å². The van der Waals surface area contributed by atoms with Crippen molar-refractivity contribution in [1.29, 1.82) is 0 Å². The molecule has 11 rings (SSSR count). The van der Waals surface area contributed by atoms with E-state index in [0.29, 0.717) is 17.5 Å². The van der Waals surface area contributed by atoms with E-state index in [0.717, 1.165) is 22.3 Å². The molecule has 0 atom stereocenters. The molecule has 2 heterocycles. The summed E-state index contributed by atoms with van der Waals surface area (Å²) in [7, 11) is 0. The van der Waals surface area contributed by atoms with Crippen LogP contribution >= 0.6 is 11.3 Å². The topological polar surface area (TPSA) is 38.7 Å². The maximum Gasteiger partial charge on any atom is 0.164 e. The van der Waals surface area contributed by atoms with Gasteiger partial charge in [-0.25, -0.2) is 15.0 Å². The van der Waals surface area contributed by atoms with E-state index < -0.39 is 0 Å². The number of fused-ring (bicyclic) bond motifs is 9. The molecule has 0 radical (unpaired) electrons. The fraction of sp³-hybridized carbons (Fsp3) is 0. The monoisotopic (exact) mass is 691 g/mol. The van der Waals surface area contributed by atoms with E-state index in [4.69, 9.17) is 15.0 Å². The van der Waals surface area contributed by atoms with Crippen LogP contribution in [-0.4, -0.2) is 15.0 Å². The highest BCUT2D eigenvalue weighted by Crippen LogP contribution is 2.38. The first-order valence-corrected chi connectivity index (χ1v) is 18.7. The quantitative estimate of drug-likeness (QED) is 0.172. The van der Waals surface area contributed by atoms with E-state index >= 15 is 0 Å². The van der Waals surface area contributed by atoms with E-state index in [1.807, 2.05) is 0 Å². The van der Waals surface area contributed by atoms with Gasteiger partial charge in [0.25, 0.3) is 0 Å². The Balaban J connectivity index is 1.09. The number of rotatable bonds is 4. The van der Waals surface area contributed by atoms with Crippen molar-refractivity contribution in [2.24, 2.45) is 0 Å². The van der Waals surface area contributed by atoms with Crippen LogP contribution in [0.4, 0.5) is 0 Å². The molecule has 2 aromatic heterocycles. The minimum Gasteiger partial charge on any atom is -0.208 e. The van der Waals surface area contributed by atoms with Crippen LogP contribution < -0.4 is 0 Å². The Hall–Kier alpha value is -6.75. The number of hydrogen-bond donors (Lipinski definition) is 0. The van der Waals surface area contributed by atoms with Crippen LogP contribution in [0.1, 0.15) is 0 Å². The fourth-order valence-corrected chi connectivity index (χ4v) is 8.92. The normalized spacial score (nSPS) is 11.8. The summed E-state index contributed by atoms with van der Waals surface area (Å²) in [5.41, 5.74) is 5.20. The smallest absolute Gasteiger partial charge is 0.164 e. The van der Waals surface area contributed by atoms with Gasteiger partial charge >= 0.3 is 0 Å². The molecule has 0 saturated carbocycles. The molecule has 0 fully saturated rings. The number of hydrogen-bond acceptors (Lipinski definition) is 4. The zero-order valence-electron chi connectivity index (χ0n) is 28.5. The molecule has 11 aromatic rings. The van der Waals surface area contributed by atoms with E-state index in [-0.39, 0.29) is 0 Å². The van der Waals surface area contributed by atoms with Crippen molar-refractivity contribution in [3.8, 4) is 45.3 Å². The van der Waals surface area contributed by atoms with Gasteiger partial charge in [0.1, 0.15) is 0 Å². The standard InChI is InChI=1S/C49H29N3S/c1-2-9-36-27-37(23-15-30(36)7-1)31-13-21-35(22-14-31)47-50-48(52-49(51-47)39-25-26-42-41-11-5-6-12-44(41)53-45(42)29-39)38-24-18-33-17-20-34-19-16-32-8-3-4-10-40(32)46(34)43(33)28-38/h1-29H. The summed E-state index contributed by atoms with van der Waals surface area (Å²) in [6.07, 6.45) is 0. The largest absolute Gasteiger partial charge is 0.208 e. The van der Waals surface area contributed by atoms with Gasteiger partial charge in [0.05, 0.1) is 0 Å². The summed E-state index contributed by atoms with van der Waals surface area (Å²) in [5.74, 6) is 1.96. The molecule has 246 valence electrons. The second-order valence-corrected chi connectivity index (χ2v) is 14.7. The first kappa shape index (κ1) is 29.9. The lowest BCUT2D eigenvalue weighted by Crippen LogP contribution is -2.00. The molecule has 0 aliphatic rings. The third-order valence-electron chi connectivity index (χ3n) is 10.5. The molecule has 0 spiro atoms. The summed E-state index contributed by atoms with van der Waals surface area (Å²) in [6, 6.07) is 62.9. The Morgan fingerprint density at radius 1 is 0.283 bits per heavy atom. The van der Waals surface area contributed by atoms with Gasteiger partial charge in [0.2, 0.25) is 0 Å². The molecular formula is C49H29N3S. The number of benzene rings is 9. The second-order valence-electron chi connectivity index (χ2n) is 13.6. The van der Waals surface area contributed by atoms with Crippen LogP contribution in [-0.2, 0) is 0 Å². The summed E-state index contributed by atoms with van der Waals surface area (Å²) in [4.78, 5) is 15.5. The molecule has 0 unspecified atom stereocenters. The van der Waals surface area contributed by atoms with E-state index in [1.54, 1.807) is 11.3 Å². The van der Waals surface area contributed by atoms with Crippen molar-refractivity contribution >= 4 is 74.6 Å². The van der Waals surface area contributed by atoms with Crippen LogP contribution in [0.3, 0.4) is 0 Å². The van der Waals surface area contributed by atoms with Gasteiger partial charge in [-0.2, -0.15) is 0 Å². The summed E-state index contributed by atoms with van der Waals surface area (Å²) in [5, 5.41) is 12.3. The second kappa shape index (κ2) is 11.9. The molecular weight excluding hydrogens is 663 g/mol. The van der Waals surface area contributed by atoms with Gasteiger partial charge < -0.3 is 0 Å². The molecule has 0 aliphatic heterocycles. The average molecular weight is 692 g/mol. The maximum absolute atomic E-state index is 5.19. The van der Waals surface area contributed by atoms with Gasteiger partial charge in [-0.1, -0.05) is 152 Å². The molecule has 53 heavy (non-hydrogen) atoms. The highest BCUT2D eigenvalue weighted by Gasteiger charge is 2.16. The molecule has 0 bridgehead atoms. The van der Waals surface area contributed by atoms with Crippen molar-refractivity contribution in [2.45, 2.75) is 0 Å². The first-order valence-electron chi connectivity index (χ1n) is 17.8. The maximum atomic E-state index is 5.19. The number of aromatic nitrogens is 3. The minimum atomic E-state index is 0.648. The predicted molar refractivity (Wildman–Crippen MR) is 224 cm³/mol. The van der Waals surface area contributed by atoms with Gasteiger partial charge in [-0.3, -0.25) is 0 Å². The van der Waals surface area contributed by atoms with Crippen molar-refractivity contribution in [2.75, 3.05) is 0 Å². The Morgan fingerprint density at radius 3 is 1.60 bits per heavy atom. The van der Waals surface area contributed by atoms with Crippen molar-refractivity contribution in [1.82, 2.24) is 15.0 Å². The van der Waals surface area contributed by atoms with Gasteiger partial charge in [-0.15, -0.1) is 11.3 Å². The number of thiophene rings is 1. The molecule has 0 aliphatic carbocycles. The lowest BCUT2D eigenvalue weighted by Gasteiger charge is -2.12. The summed E-state index contributed by atoms with van der Waals surface area (Å²) < 4.78 is 2.50. The summed E-state index contributed by atoms with van der Waals surface area (Å²) in [6.45, 7) is 0. The molecule has 0 amide bonds. The van der Waals surface area contributed by atoms with Crippen LogP contribution in [0.25, 0.3) is 109 Å². The van der Waals surface area contributed by atoms with E-state index in [9.17, 15) is 0 Å². The molecule has 0 saturated heterocycles. The van der Waals surface area contributed by atoms with Gasteiger partial charge in [0.15, 0.2) is 17.5 Å². The highest BCUT2D eigenvalue weighted by molar-refractivity contribution is 7.25. The molecule has 3 nitrogen and oxygen atoms in total. The SMILES string of the molecule is c1ccc2cc(-c3ccc(-c4nc(-c5ccc6c(c5)sc5ccccc56)nc(-c5ccc6ccc7ccc8ccccc8c7c6c5)n4)cc3)ccc2c1. The molecule has 9 aromatic carbocycles. The fourth-order valence-electron chi connectivity index (χ4n) is 7.77. The zero-order chi connectivity index (χ0) is 34.9.